The number of rotatable bonds is 4. The number of aliphatic hydroxyl groups excluding tert-OH is 1. The minimum absolute atomic E-state index is 0.277. The molecule has 2 aromatic heterocycles. The smallest absolute Gasteiger partial charge is 0.129 e. The first-order valence-corrected chi connectivity index (χ1v) is 7.05. The highest BCUT2D eigenvalue weighted by atomic mass is 35.5. The Hall–Kier alpha value is -2.24. The third kappa shape index (κ3) is 3.16. The lowest BCUT2D eigenvalue weighted by molar-refractivity contribution is 0.210. The summed E-state index contributed by atoms with van der Waals surface area (Å²) >= 11 is 5.85. The first-order valence-electron chi connectivity index (χ1n) is 6.67. The van der Waals surface area contributed by atoms with Crippen LogP contribution in [0.25, 0.3) is 0 Å². The number of benzene rings is 1. The molecule has 0 amide bonds. The third-order valence-electron chi connectivity index (χ3n) is 3.36. The van der Waals surface area contributed by atoms with Gasteiger partial charge in [0.1, 0.15) is 17.1 Å². The Morgan fingerprint density at radius 3 is 2.73 bits per heavy atom. The first-order chi connectivity index (χ1) is 10.6. The average molecular weight is 318 g/mol. The predicted octanol–water partition coefficient (Wildman–Crippen LogP) is 3.20. The van der Waals surface area contributed by atoms with E-state index in [4.69, 9.17) is 11.6 Å². The van der Waals surface area contributed by atoms with E-state index in [1.807, 2.05) is 4.57 Å². The monoisotopic (exact) mass is 317 g/mol. The summed E-state index contributed by atoms with van der Waals surface area (Å²) in [6.45, 7) is 0.492. The zero-order valence-electron chi connectivity index (χ0n) is 11.5. The van der Waals surface area contributed by atoms with Crippen LogP contribution >= 0.6 is 11.6 Å². The fourth-order valence-corrected chi connectivity index (χ4v) is 2.42. The van der Waals surface area contributed by atoms with Crippen molar-refractivity contribution in [2.24, 2.45) is 0 Å². The number of aliphatic hydroxyl groups is 1. The van der Waals surface area contributed by atoms with E-state index >= 15 is 0 Å². The second-order valence-corrected chi connectivity index (χ2v) is 5.27. The molecule has 4 nitrogen and oxygen atoms in total. The molecule has 2 heterocycles. The molecule has 0 aliphatic carbocycles. The van der Waals surface area contributed by atoms with Crippen molar-refractivity contribution in [3.05, 3.63) is 82.9 Å². The summed E-state index contributed by atoms with van der Waals surface area (Å²) in [4.78, 5) is 7.98. The molecular weight excluding hydrogens is 305 g/mol. The molecule has 1 N–H and O–H groups in total. The summed E-state index contributed by atoms with van der Waals surface area (Å²) in [6, 6.07) is 9.53. The van der Waals surface area contributed by atoms with Gasteiger partial charge in [0.2, 0.25) is 0 Å². The molecule has 0 aliphatic rings. The van der Waals surface area contributed by atoms with Crippen molar-refractivity contribution in [1.29, 1.82) is 0 Å². The minimum Gasteiger partial charge on any atom is -0.382 e. The van der Waals surface area contributed by atoms with Gasteiger partial charge in [0.05, 0.1) is 18.2 Å². The molecule has 112 valence electrons. The van der Waals surface area contributed by atoms with Gasteiger partial charge >= 0.3 is 0 Å². The van der Waals surface area contributed by atoms with Gasteiger partial charge in [0.25, 0.3) is 0 Å². The van der Waals surface area contributed by atoms with E-state index < -0.39 is 6.10 Å². The molecule has 1 unspecified atom stereocenters. The van der Waals surface area contributed by atoms with Crippen molar-refractivity contribution in [1.82, 2.24) is 14.5 Å². The van der Waals surface area contributed by atoms with Crippen molar-refractivity contribution < 1.29 is 9.50 Å². The fourth-order valence-electron chi connectivity index (χ4n) is 2.24. The zero-order chi connectivity index (χ0) is 15.5. The Morgan fingerprint density at radius 1 is 1.23 bits per heavy atom. The molecule has 0 bridgehead atoms. The van der Waals surface area contributed by atoms with Crippen LogP contribution in [0.15, 0.2) is 55.1 Å². The summed E-state index contributed by atoms with van der Waals surface area (Å²) in [5.74, 6) is -0.277. The van der Waals surface area contributed by atoms with Crippen LogP contribution in [0.2, 0.25) is 5.15 Å². The largest absolute Gasteiger partial charge is 0.382 e. The van der Waals surface area contributed by atoms with Crippen molar-refractivity contribution in [3.8, 4) is 0 Å². The molecule has 0 radical (unpaired) electrons. The van der Waals surface area contributed by atoms with E-state index in [-0.39, 0.29) is 5.82 Å². The normalized spacial score (nSPS) is 12.3. The second-order valence-electron chi connectivity index (χ2n) is 4.89. The zero-order valence-corrected chi connectivity index (χ0v) is 12.3. The highest BCUT2D eigenvalue weighted by Gasteiger charge is 2.16. The Balaban J connectivity index is 1.86. The Kier molecular flexibility index (Phi) is 4.18. The number of pyridine rings is 1. The van der Waals surface area contributed by atoms with Crippen molar-refractivity contribution in [2.75, 3.05) is 0 Å². The van der Waals surface area contributed by atoms with E-state index in [9.17, 15) is 9.50 Å². The highest BCUT2D eigenvalue weighted by Crippen LogP contribution is 2.23. The van der Waals surface area contributed by atoms with Gasteiger partial charge in [-0.2, -0.15) is 0 Å². The van der Waals surface area contributed by atoms with Crippen LogP contribution in [0.3, 0.4) is 0 Å². The SMILES string of the molecule is OC(c1ccnc(Cl)c1)c1cncn1Cc1ccc(F)cc1. The van der Waals surface area contributed by atoms with E-state index in [2.05, 4.69) is 9.97 Å². The molecule has 1 aromatic carbocycles. The quantitative estimate of drug-likeness (QED) is 0.752. The van der Waals surface area contributed by atoms with E-state index in [0.717, 1.165) is 5.56 Å². The minimum atomic E-state index is -0.858. The van der Waals surface area contributed by atoms with E-state index in [1.165, 1.54) is 12.1 Å². The summed E-state index contributed by atoms with van der Waals surface area (Å²) in [5, 5.41) is 10.8. The lowest BCUT2D eigenvalue weighted by Crippen LogP contribution is -2.09. The van der Waals surface area contributed by atoms with Gasteiger partial charge in [-0.05, 0) is 35.4 Å². The molecule has 3 aromatic rings. The average Bonchev–Trinajstić information content (AvgIpc) is 2.97. The number of hydrogen-bond acceptors (Lipinski definition) is 3. The van der Waals surface area contributed by atoms with Gasteiger partial charge in [0.15, 0.2) is 0 Å². The fraction of sp³-hybridized carbons (Fsp3) is 0.125. The Labute approximate surface area is 131 Å². The molecule has 0 spiro atoms. The van der Waals surface area contributed by atoms with Crippen molar-refractivity contribution >= 4 is 11.6 Å². The standard InChI is InChI=1S/C16H13ClFN3O/c17-15-7-12(5-6-20-15)16(22)14-8-19-10-21(14)9-11-1-3-13(18)4-2-11/h1-8,10,16,22H,9H2. The first kappa shape index (κ1) is 14.7. The van der Waals surface area contributed by atoms with Crippen LogP contribution in [0.1, 0.15) is 22.9 Å². The van der Waals surface area contributed by atoms with Crippen LogP contribution in [0.5, 0.6) is 0 Å². The Morgan fingerprint density at radius 2 is 2.00 bits per heavy atom. The summed E-state index contributed by atoms with van der Waals surface area (Å²) in [5.41, 5.74) is 2.19. The van der Waals surface area contributed by atoms with Gasteiger partial charge in [-0.15, -0.1) is 0 Å². The van der Waals surface area contributed by atoms with E-state index in [0.29, 0.717) is 23.0 Å². The number of imidazole rings is 1. The molecule has 1 atom stereocenters. The van der Waals surface area contributed by atoms with Crippen LogP contribution < -0.4 is 0 Å². The van der Waals surface area contributed by atoms with Gasteiger partial charge in [-0.3, -0.25) is 0 Å². The second kappa shape index (κ2) is 6.25. The number of nitrogens with zero attached hydrogens (tertiary/aromatic N) is 3. The number of hydrogen-bond donors (Lipinski definition) is 1. The van der Waals surface area contributed by atoms with E-state index in [1.54, 1.807) is 43.0 Å². The Bertz CT molecular complexity index is 773. The number of aromatic nitrogens is 3. The van der Waals surface area contributed by atoms with Gasteiger partial charge in [-0.1, -0.05) is 23.7 Å². The molecular formula is C16H13ClFN3O. The molecule has 0 aliphatic heterocycles. The summed E-state index contributed by atoms with van der Waals surface area (Å²) < 4.78 is 14.8. The van der Waals surface area contributed by atoms with Crippen LogP contribution in [-0.4, -0.2) is 19.6 Å². The molecule has 0 fully saturated rings. The van der Waals surface area contributed by atoms with Crippen molar-refractivity contribution in [3.63, 3.8) is 0 Å². The lowest BCUT2D eigenvalue weighted by atomic mass is 10.1. The summed E-state index contributed by atoms with van der Waals surface area (Å²) in [6.07, 6.45) is 3.91. The molecule has 22 heavy (non-hydrogen) atoms. The molecule has 6 heteroatoms. The molecule has 0 saturated heterocycles. The van der Waals surface area contributed by atoms with Crippen molar-refractivity contribution in [2.45, 2.75) is 12.6 Å². The van der Waals surface area contributed by atoms with Gasteiger partial charge in [-0.25, -0.2) is 14.4 Å². The third-order valence-corrected chi connectivity index (χ3v) is 3.56. The van der Waals surface area contributed by atoms with Crippen LogP contribution in [0.4, 0.5) is 4.39 Å². The topological polar surface area (TPSA) is 50.9 Å². The maximum Gasteiger partial charge on any atom is 0.129 e. The predicted molar refractivity (Wildman–Crippen MR) is 81.0 cm³/mol. The van der Waals surface area contributed by atoms with Crippen LogP contribution in [0, 0.1) is 5.82 Å². The highest BCUT2D eigenvalue weighted by molar-refractivity contribution is 6.29. The lowest BCUT2D eigenvalue weighted by Gasteiger charge is -2.14. The molecule has 0 saturated carbocycles. The summed E-state index contributed by atoms with van der Waals surface area (Å²) in [7, 11) is 0. The maximum atomic E-state index is 13.0. The molecule has 3 rings (SSSR count). The number of halogens is 2. The van der Waals surface area contributed by atoms with Gasteiger partial charge in [0, 0.05) is 12.7 Å². The maximum absolute atomic E-state index is 13.0. The van der Waals surface area contributed by atoms with Gasteiger partial charge < -0.3 is 9.67 Å². The van der Waals surface area contributed by atoms with Crippen LogP contribution in [-0.2, 0) is 6.54 Å².